The van der Waals surface area contributed by atoms with Gasteiger partial charge in [-0.1, -0.05) is 0 Å². The van der Waals surface area contributed by atoms with Crippen LogP contribution in [0.2, 0.25) is 0 Å². The van der Waals surface area contributed by atoms with Gasteiger partial charge in [0.2, 0.25) is 0 Å². The molecule has 0 radical (unpaired) electrons. The molecule has 0 fully saturated rings. The summed E-state index contributed by atoms with van der Waals surface area (Å²) in [7, 11) is 3.91. The Morgan fingerprint density at radius 3 is 2.79 bits per heavy atom. The molecule has 7 heteroatoms. The van der Waals surface area contributed by atoms with Crippen LogP contribution in [0, 0.1) is 0 Å². The molecule has 0 saturated carbocycles. The predicted molar refractivity (Wildman–Crippen MR) is 71.4 cm³/mol. The fourth-order valence-electron chi connectivity index (χ4n) is 1.44. The lowest BCUT2D eigenvalue weighted by molar-refractivity contribution is 0.0692. The standard InChI is InChI=1S/C12H18N4O3/c1-16(2)8-4-7-14-12(19)15-9-5-3-6-13-10(9)11(17)18/h3,5-6H,4,7-8H2,1-2H3,(H,17,18)(H2,14,15,19). The van der Waals surface area contributed by atoms with Crippen LogP contribution < -0.4 is 10.6 Å². The molecule has 7 nitrogen and oxygen atoms in total. The molecule has 0 saturated heterocycles. The molecule has 0 aliphatic rings. The molecule has 0 spiro atoms. The van der Waals surface area contributed by atoms with Crippen molar-refractivity contribution in [1.82, 2.24) is 15.2 Å². The summed E-state index contributed by atoms with van der Waals surface area (Å²) in [6.07, 6.45) is 2.18. The first-order chi connectivity index (χ1) is 9.00. The maximum Gasteiger partial charge on any atom is 0.356 e. The van der Waals surface area contributed by atoms with Gasteiger partial charge < -0.3 is 20.6 Å². The molecule has 1 heterocycles. The number of nitrogens with zero attached hydrogens (tertiary/aromatic N) is 2. The van der Waals surface area contributed by atoms with Gasteiger partial charge in [-0.2, -0.15) is 0 Å². The maximum absolute atomic E-state index is 11.6. The Labute approximate surface area is 111 Å². The quantitative estimate of drug-likeness (QED) is 0.664. The number of urea groups is 1. The van der Waals surface area contributed by atoms with E-state index in [0.717, 1.165) is 13.0 Å². The summed E-state index contributed by atoms with van der Waals surface area (Å²) in [5.41, 5.74) is 0.00560. The number of hydrogen-bond donors (Lipinski definition) is 3. The first-order valence-corrected chi connectivity index (χ1v) is 5.88. The highest BCUT2D eigenvalue weighted by atomic mass is 16.4. The third-order valence-corrected chi connectivity index (χ3v) is 2.33. The lowest BCUT2D eigenvalue weighted by Crippen LogP contribution is -2.31. The number of carboxylic acids is 1. The number of carbonyl (C=O) groups is 2. The van der Waals surface area contributed by atoms with E-state index in [-0.39, 0.29) is 11.4 Å². The minimum atomic E-state index is -1.18. The van der Waals surface area contributed by atoms with Crippen LogP contribution in [0.3, 0.4) is 0 Å². The first kappa shape index (κ1) is 14.9. The van der Waals surface area contributed by atoms with Crippen molar-refractivity contribution in [3.05, 3.63) is 24.0 Å². The van der Waals surface area contributed by atoms with Gasteiger partial charge in [0.15, 0.2) is 5.69 Å². The van der Waals surface area contributed by atoms with Crippen LogP contribution in [0.5, 0.6) is 0 Å². The van der Waals surface area contributed by atoms with E-state index in [2.05, 4.69) is 15.6 Å². The highest BCUT2D eigenvalue weighted by molar-refractivity contribution is 5.98. The molecular formula is C12H18N4O3. The SMILES string of the molecule is CN(C)CCCNC(=O)Nc1cccnc1C(=O)O. The van der Waals surface area contributed by atoms with E-state index >= 15 is 0 Å². The van der Waals surface area contributed by atoms with E-state index in [1.165, 1.54) is 12.3 Å². The number of pyridine rings is 1. The molecule has 2 amide bonds. The van der Waals surface area contributed by atoms with E-state index in [1.807, 2.05) is 19.0 Å². The van der Waals surface area contributed by atoms with Crippen molar-refractivity contribution in [2.75, 3.05) is 32.5 Å². The third kappa shape index (κ3) is 5.35. The van der Waals surface area contributed by atoms with Gasteiger partial charge in [-0.05, 0) is 39.2 Å². The third-order valence-electron chi connectivity index (χ3n) is 2.33. The molecule has 1 aromatic heterocycles. The number of carboxylic acid groups (broad SMARTS) is 1. The second-order valence-electron chi connectivity index (χ2n) is 4.24. The molecule has 3 N–H and O–H groups in total. The van der Waals surface area contributed by atoms with Crippen molar-refractivity contribution < 1.29 is 14.7 Å². The fourth-order valence-corrected chi connectivity index (χ4v) is 1.44. The molecule has 0 aliphatic carbocycles. The predicted octanol–water partition coefficient (Wildman–Crippen LogP) is 0.853. The van der Waals surface area contributed by atoms with Crippen molar-refractivity contribution in [2.45, 2.75) is 6.42 Å². The Balaban J connectivity index is 2.46. The van der Waals surface area contributed by atoms with Crippen LogP contribution in [0.4, 0.5) is 10.5 Å². The zero-order valence-electron chi connectivity index (χ0n) is 11.0. The number of hydrogen-bond acceptors (Lipinski definition) is 4. The van der Waals surface area contributed by atoms with Crippen LogP contribution in [-0.2, 0) is 0 Å². The number of amides is 2. The second kappa shape index (κ2) is 7.32. The van der Waals surface area contributed by atoms with Crippen LogP contribution in [0.25, 0.3) is 0 Å². The van der Waals surface area contributed by atoms with Crippen molar-refractivity contribution in [3.8, 4) is 0 Å². The van der Waals surface area contributed by atoms with Crippen molar-refractivity contribution in [3.63, 3.8) is 0 Å². The Kier molecular flexibility index (Phi) is 5.74. The lowest BCUT2D eigenvalue weighted by atomic mass is 10.3. The summed E-state index contributed by atoms with van der Waals surface area (Å²) in [6.45, 7) is 1.39. The Bertz CT molecular complexity index is 448. The molecule has 1 aromatic rings. The van der Waals surface area contributed by atoms with E-state index in [1.54, 1.807) is 6.07 Å². The van der Waals surface area contributed by atoms with Gasteiger partial charge in [0.25, 0.3) is 0 Å². The van der Waals surface area contributed by atoms with E-state index in [4.69, 9.17) is 5.11 Å². The molecule has 0 bridgehead atoms. The fraction of sp³-hybridized carbons (Fsp3) is 0.417. The highest BCUT2D eigenvalue weighted by Gasteiger charge is 2.12. The Morgan fingerprint density at radius 1 is 1.42 bits per heavy atom. The summed E-state index contributed by atoms with van der Waals surface area (Å²) in [6, 6.07) is 2.62. The second-order valence-corrected chi connectivity index (χ2v) is 4.24. The van der Waals surface area contributed by atoms with E-state index in [0.29, 0.717) is 6.54 Å². The monoisotopic (exact) mass is 266 g/mol. The Hall–Kier alpha value is -2.15. The Morgan fingerprint density at radius 2 is 2.16 bits per heavy atom. The summed E-state index contributed by atoms with van der Waals surface area (Å²) < 4.78 is 0. The first-order valence-electron chi connectivity index (χ1n) is 5.88. The van der Waals surface area contributed by atoms with Gasteiger partial charge in [0, 0.05) is 12.7 Å². The van der Waals surface area contributed by atoms with Crippen LogP contribution in [0.15, 0.2) is 18.3 Å². The molecule has 1 rings (SSSR count). The van der Waals surface area contributed by atoms with E-state index < -0.39 is 12.0 Å². The molecule has 104 valence electrons. The zero-order valence-corrected chi connectivity index (χ0v) is 11.0. The van der Waals surface area contributed by atoms with Crippen molar-refractivity contribution in [1.29, 1.82) is 0 Å². The minimum absolute atomic E-state index is 0.175. The number of rotatable bonds is 6. The van der Waals surface area contributed by atoms with Gasteiger partial charge in [0.05, 0.1) is 5.69 Å². The molecule has 0 aromatic carbocycles. The molecule has 0 unspecified atom stereocenters. The van der Waals surface area contributed by atoms with Crippen LogP contribution in [-0.4, -0.2) is 54.2 Å². The minimum Gasteiger partial charge on any atom is -0.476 e. The van der Waals surface area contributed by atoms with E-state index in [9.17, 15) is 9.59 Å². The topological polar surface area (TPSA) is 94.6 Å². The average molecular weight is 266 g/mol. The van der Waals surface area contributed by atoms with Gasteiger partial charge in [-0.3, -0.25) is 0 Å². The lowest BCUT2D eigenvalue weighted by Gasteiger charge is -2.11. The largest absolute Gasteiger partial charge is 0.476 e. The van der Waals surface area contributed by atoms with Crippen molar-refractivity contribution >= 4 is 17.7 Å². The van der Waals surface area contributed by atoms with Gasteiger partial charge in [-0.25, -0.2) is 14.6 Å². The van der Waals surface area contributed by atoms with Gasteiger partial charge >= 0.3 is 12.0 Å². The summed E-state index contributed by atoms with van der Waals surface area (Å²) in [5.74, 6) is -1.18. The van der Waals surface area contributed by atoms with Crippen molar-refractivity contribution in [2.24, 2.45) is 0 Å². The summed E-state index contributed by atoms with van der Waals surface area (Å²) in [4.78, 5) is 28.2. The average Bonchev–Trinajstić information content (AvgIpc) is 2.35. The molecule has 0 atom stereocenters. The molecule has 19 heavy (non-hydrogen) atoms. The van der Waals surface area contributed by atoms with Crippen LogP contribution >= 0.6 is 0 Å². The van der Waals surface area contributed by atoms with Gasteiger partial charge in [0.1, 0.15) is 0 Å². The highest BCUT2D eigenvalue weighted by Crippen LogP contribution is 2.11. The smallest absolute Gasteiger partial charge is 0.356 e. The summed E-state index contributed by atoms with van der Waals surface area (Å²) in [5, 5.41) is 14.0. The van der Waals surface area contributed by atoms with Gasteiger partial charge in [-0.15, -0.1) is 0 Å². The number of carbonyl (C=O) groups excluding carboxylic acids is 1. The normalized spacial score (nSPS) is 10.3. The maximum atomic E-state index is 11.6. The number of aromatic nitrogens is 1. The molecular weight excluding hydrogens is 248 g/mol. The zero-order chi connectivity index (χ0) is 14.3. The summed E-state index contributed by atoms with van der Waals surface area (Å²) >= 11 is 0. The van der Waals surface area contributed by atoms with Crippen LogP contribution in [0.1, 0.15) is 16.9 Å². The number of aromatic carboxylic acids is 1. The number of nitrogens with one attached hydrogen (secondary N) is 2. The number of anilines is 1. The molecule has 0 aliphatic heterocycles.